The lowest BCUT2D eigenvalue weighted by molar-refractivity contribution is 0.0695. The maximum Gasteiger partial charge on any atom is 0.335 e. The SMILES string of the molecule is Cc1cc(C)c2c(c1)OC(c1cc(O)c(O)c(O)c1)CC2.O=C(O)c1cc(O)c(O)c(O)c1. The van der Waals surface area contributed by atoms with Gasteiger partial charge < -0.3 is 40.5 Å². The van der Waals surface area contributed by atoms with Crippen LogP contribution < -0.4 is 4.74 Å². The highest BCUT2D eigenvalue weighted by atomic mass is 16.5. The number of rotatable bonds is 2. The van der Waals surface area contributed by atoms with Gasteiger partial charge in [0.1, 0.15) is 11.9 Å². The molecule has 1 unspecified atom stereocenters. The Bertz CT molecular complexity index is 1170. The quantitative estimate of drug-likeness (QED) is 0.282. The number of hydrogen-bond donors (Lipinski definition) is 7. The average Bonchev–Trinajstić information content (AvgIpc) is 2.75. The second kappa shape index (κ2) is 9.07. The highest BCUT2D eigenvalue weighted by Gasteiger charge is 2.24. The van der Waals surface area contributed by atoms with Crippen LogP contribution in [0.4, 0.5) is 0 Å². The molecule has 3 aromatic carbocycles. The van der Waals surface area contributed by atoms with E-state index in [2.05, 4.69) is 13.0 Å². The van der Waals surface area contributed by atoms with Crippen LogP contribution in [0.15, 0.2) is 36.4 Å². The fraction of sp³-hybridized carbons (Fsp3) is 0.208. The van der Waals surface area contributed by atoms with Gasteiger partial charge in [-0.25, -0.2) is 4.79 Å². The number of aryl methyl sites for hydroxylation is 2. The Labute approximate surface area is 189 Å². The minimum atomic E-state index is -1.29. The van der Waals surface area contributed by atoms with E-state index in [4.69, 9.17) is 25.2 Å². The Hall–Kier alpha value is -4.27. The number of hydrogen-bond acceptors (Lipinski definition) is 8. The van der Waals surface area contributed by atoms with Crippen LogP contribution in [0.1, 0.15) is 45.1 Å². The average molecular weight is 456 g/mol. The summed E-state index contributed by atoms with van der Waals surface area (Å²) in [5.41, 5.74) is 3.95. The van der Waals surface area contributed by atoms with Crippen molar-refractivity contribution in [3.05, 3.63) is 64.2 Å². The van der Waals surface area contributed by atoms with Gasteiger partial charge in [-0.1, -0.05) is 6.07 Å². The van der Waals surface area contributed by atoms with Gasteiger partial charge >= 0.3 is 5.97 Å². The fourth-order valence-electron chi connectivity index (χ4n) is 3.65. The normalized spacial score (nSPS) is 14.4. The first-order valence-electron chi connectivity index (χ1n) is 9.97. The molecule has 0 spiro atoms. The number of carboxylic acids is 1. The van der Waals surface area contributed by atoms with Crippen molar-refractivity contribution in [2.24, 2.45) is 0 Å². The molecule has 7 N–H and O–H groups in total. The summed E-state index contributed by atoms with van der Waals surface area (Å²) in [6.07, 6.45) is 1.41. The zero-order valence-electron chi connectivity index (χ0n) is 17.9. The monoisotopic (exact) mass is 456 g/mol. The third kappa shape index (κ3) is 4.98. The van der Waals surface area contributed by atoms with Gasteiger partial charge in [0.25, 0.3) is 0 Å². The van der Waals surface area contributed by atoms with Crippen molar-refractivity contribution in [1.29, 1.82) is 0 Å². The van der Waals surface area contributed by atoms with Gasteiger partial charge in [-0.3, -0.25) is 0 Å². The van der Waals surface area contributed by atoms with Gasteiger partial charge in [0.2, 0.25) is 0 Å². The van der Waals surface area contributed by atoms with E-state index < -0.39 is 29.0 Å². The summed E-state index contributed by atoms with van der Waals surface area (Å²) in [5, 5.41) is 63.6. The Morgan fingerprint density at radius 1 is 0.818 bits per heavy atom. The molecule has 0 bridgehead atoms. The van der Waals surface area contributed by atoms with Crippen LogP contribution in [0.5, 0.6) is 40.2 Å². The number of aromatic hydroxyl groups is 6. The van der Waals surface area contributed by atoms with E-state index in [9.17, 15) is 20.1 Å². The third-order valence-corrected chi connectivity index (χ3v) is 5.28. The number of aromatic carboxylic acids is 1. The standard InChI is InChI=1S/C17H18O4.C7H6O5/c1-9-5-10(2)12-3-4-15(21-16(12)6-9)11-7-13(18)17(20)14(19)8-11;8-4-1-3(7(11)12)2-5(9)6(4)10/h5-8,15,18-20H,3-4H2,1-2H3;1-2,8-10H,(H,11,12). The van der Waals surface area contributed by atoms with Crippen molar-refractivity contribution < 1.29 is 45.3 Å². The number of carboxylic acid groups (broad SMARTS) is 1. The number of phenols is 6. The van der Waals surface area contributed by atoms with Crippen molar-refractivity contribution in [3.63, 3.8) is 0 Å². The second-order valence-corrected chi connectivity index (χ2v) is 7.78. The van der Waals surface area contributed by atoms with Crippen LogP contribution in [-0.4, -0.2) is 41.7 Å². The lowest BCUT2D eigenvalue weighted by Gasteiger charge is -2.28. The molecule has 0 aromatic heterocycles. The molecule has 0 saturated carbocycles. The summed E-state index contributed by atoms with van der Waals surface area (Å²) in [6, 6.07) is 8.71. The lowest BCUT2D eigenvalue weighted by atomic mass is 9.93. The number of benzene rings is 3. The van der Waals surface area contributed by atoms with E-state index >= 15 is 0 Å². The van der Waals surface area contributed by atoms with Gasteiger partial charge in [0.05, 0.1) is 5.56 Å². The molecule has 0 aliphatic carbocycles. The van der Waals surface area contributed by atoms with Crippen molar-refractivity contribution in [3.8, 4) is 40.2 Å². The smallest absolute Gasteiger partial charge is 0.335 e. The van der Waals surface area contributed by atoms with Crippen molar-refractivity contribution in [1.82, 2.24) is 0 Å². The molecule has 1 atom stereocenters. The first-order valence-corrected chi connectivity index (χ1v) is 9.97. The Morgan fingerprint density at radius 3 is 1.85 bits per heavy atom. The van der Waals surface area contributed by atoms with Crippen LogP contribution in [0.2, 0.25) is 0 Å². The first kappa shape index (κ1) is 23.4. The minimum Gasteiger partial charge on any atom is -0.504 e. The van der Waals surface area contributed by atoms with E-state index in [1.165, 1.54) is 23.3 Å². The molecule has 0 fully saturated rings. The van der Waals surface area contributed by atoms with Gasteiger partial charge in [-0.05, 0) is 79.3 Å². The molecule has 1 aliphatic heterocycles. The molecule has 3 aromatic rings. The van der Waals surface area contributed by atoms with E-state index in [1.54, 1.807) is 0 Å². The molecule has 1 aliphatic rings. The van der Waals surface area contributed by atoms with Crippen LogP contribution in [-0.2, 0) is 6.42 Å². The van der Waals surface area contributed by atoms with E-state index in [-0.39, 0.29) is 23.2 Å². The molecule has 33 heavy (non-hydrogen) atoms. The van der Waals surface area contributed by atoms with Gasteiger partial charge in [0, 0.05) is 0 Å². The second-order valence-electron chi connectivity index (χ2n) is 7.78. The molecule has 9 nitrogen and oxygen atoms in total. The minimum absolute atomic E-state index is 0.240. The molecule has 0 radical (unpaired) electrons. The largest absolute Gasteiger partial charge is 0.504 e. The summed E-state index contributed by atoms with van der Waals surface area (Å²) >= 11 is 0. The maximum atomic E-state index is 10.3. The van der Waals surface area contributed by atoms with Crippen molar-refractivity contribution >= 4 is 5.97 Å². The maximum absolute atomic E-state index is 10.3. The fourth-order valence-corrected chi connectivity index (χ4v) is 3.65. The Kier molecular flexibility index (Phi) is 6.43. The van der Waals surface area contributed by atoms with E-state index in [1.807, 2.05) is 13.0 Å². The van der Waals surface area contributed by atoms with Gasteiger partial charge in [0.15, 0.2) is 34.5 Å². The summed E-state index contributed by atoms with van der Waals surface area (Å²) in [6.45, 7) is 4.10. The summed E-state index contributed by atoms with van der Waals surface area (Å²) in [7, 11) is 0. The molecule has 0 saturated heterocycles. The molecule has 9 heteroatoms. The molecular formula is C24H24O9. The highest BCUT2D eigenvalue weighted by Crippen LogP contribution is 2.42. The number of fused-ring (bicyclic) bond motifs is 1. The predicted molar refractivity (Wildman–Crippen MR) is 117 cm³/mol. The summed E-state index contributed by atoms with van der Waals surface area (Å²) in [4.78, 5) is 10.3. The van der Waals surface area contributed by atoms with E-state index in [0.717, 1.165) is 36.3 Å². The summed E-state index contributed by atoms with van der Waals surface area (Å²) in [5.74, 6) is -3.64. The molecule has 4 rings (SSSR count). The van der Waals surface area contributed by atoms with Crippen LogP contribution in [0, 0.1) is 13.8 Å². The molecular weight excluding hydrogens is 432 g/mol. The molecule has 1 heterocycles. The number of carbonyl (C=O) groups is 1. The van der Waals surface area contributed by atoms with Gasteiger partial charge in [-0.2, -0.15) is 0 Å². The zero-order valence-corrected chi connectivity index (χ0v) is 17.9. The predicted octanol–water partition coefficient (Wildman–Crippen LogP) is 3.99. The molecule has 0 amide bonds. The third-order valence-electron chi connectivity index (χ3n) is 5.28. The zero-order chi connectivity index (χ0) is 24.4. The van der Waals surface area contributed by atoms with Crippen LogP contribution >= 0.6 is 0 Å². The van der Waals surface area contributed by atoms with Crippen molar-refractivity contribution in [2.45, 2.75) is 32.8 Å². The lowest BCUT2D eigenvalue weighted by Crippen LogP contribution is -2.16. The van der Waals surface area contributed by atoms with Crippen LogP contribution in [0.25, 0.3) is 0 Å². The topological polar surface area (TPSA) is 168 Å². The first-order chi connectivity index (χ1) is 15.5. The summed E-state index contributed by atoms with van der Waals surface area (Å²) < 4.78 is 6.03. The van der Waals surface area contributed by atoms with Gasteiger partial charge in [-0.15, -0.1) is 0 Å². The van der Waals surface area contributed by atoms with Crippen LogP contribution in [0.3, 0.4) is 0 Å². The number of ether oxygens (including phenoxy) is 1. The van der Waals surface area contributed by atoms with Crippen molar-refractivity contribution in [2.75, 3.05) is 0 Å². The Morgan fingerprint density at radius 2 is 1.33 bits per heavy atom. The molecule has 174 valence electrons. The Balaban J connectivity index is 0.000000218. The highest BCUT2D eigenvalue weighted by molar-refractivity contribution is 5.89. The van der Waals surface area contributed by atoms with E-state index in [0.29, 0.717) is 5.56 Å². The number of phenolic OH excluding ortho intramolecular Hbond substituents is 6.